The zero-order chi connectivity index (χ0) is 15.1. The number of carboxylic acids is 1. The molecule has 0 fully saturated rings. The minimum absolute atomic E-state index is 0.0605. The van der Waals surface area contributed by atoms with Crippen LogP contribution in [0.4, 0.5) is 10.5 Å². The molecule has 1 aromatic rings. The third-order valence-electron chi connectivity index (χ3n) is 2.63. The zero-order valence-electron chi connectivity index (χ0n) is 11.9. The number of carbonyl (C=O) groups is 2. The van der Waals surface area contributed by atoms with Crippen LogP contribution >= 0.6 is 0 Å². The van der Waals surface area contributed by atoms with Crippen molar-refractivity contribution >= 4 is 17.7 Å². The van der Waals surface area contributed by atoms with E-state index in [9.17, 15) is 9.59 Å². The van der Waals surface area contributed by atoms with Crippen LogP contribution in [0.2, 0.25) is 0 Å². The summed E-state index contributed by atoms with van der Waals surface area (Å²) in [4.78, 5) is 23.1. The first-order chi connectivity index (χ1) is 9.58. The van der Waals surface area contributed by atoms with Crippen molar-refractivity contribution in [3.63, 3.8) is 0 Å². The van der Waals surface area contributed by atoms with Crippen molar-refractivity contribution in [2.24, 2.45) is 0 Å². The van der Waals surface area contributed by atoms with Crippen molar-refractivity contribution < 1.29 is 24.2 Å². The fourth-order valence-corrected chi connectivity index (χ4v) is 1.66. The van der Waals surface area contributed by atoms with Gasteiger partial charge < -0.3 is 14.6 Å². The Morgan fingerprint density at radius 1 is 1.45 bits per heavy atom. The molecule has 110 valence electrons. The van der Waals surface area contributed by atoms with E-state index in [1.165, 1.54) is 4.90 Å². The molecule has 2 rings (SSSR count). The van der Waals surface area contributed by atoms with Gasteiger partial charge in [0, 0.05) is 18.7 Å². The van der Waals surface area contributed by atoms with E-state index in [0.29, 0.717) is 5.75 Å². The summed E-state index contributed by atoms with van der Waals surface area (Å²) < 4.78 is 10.2. The molecule has 1 heterocycles. The van der Waals surface area contributed by atoms with Gasteiger partial charge in [-0.15, -0.1) is 0 Å². The van der Waals surface area contributed by atoms with E-state index < -0.39 is 12.1 Å². The summed E-state index contributed by atoms with van der Waals surface area (Å²) in [6.45, 7) is 4.34. The van der Waals surface area contributed by atoms with E-state index in [0.717, 1.165) is 11.3 Å². The Hall–Kier alpha value is -2.24. The number of nitrogens with zero attached hydrogens (tertiary/aromatic N) is 1. The number of aliphatic carboxylic acids is 1. The summed E-state index contributed by atoms with van der Waals surface area (Å²) in [5, 5.41) is 8.51. The standard InChI is InChI=1S/C12H13NO5.C2H6/c1-13-10-6-9(17-5-4-11(14)15)3-2-8(10)7-18-12(13)16;1-2/h2-3,6H,4-5,7H2,1H3,(H,14,15);1-2H3. The number of anilines is 1. The fourth-order valence-electron chi connectivity index (χ4n) is 1.66. The normalized spacial score (nSPS) is 12.8. The summed E-state index contributed by atoms with van der Waals surface area (Å²) in [6, 6.07) is 5.24. The number of fused-ring (bicyclic) bond motifs is 1. The molecule has 6 heteroatoms. The Morgan fingerprint density at radius 3 is 2.80 bits per heavy atom. The second kappa shape index (κ2) is 7.37. The summed E-state index contributed by atoms with van der Waals surface area (Å²) in [5.74, 6) is -0.370. The Labute approximate surface area is 117 Å². The van der Waals surface area contributed by atoms with Gasteiger partial charge in [-0.25, -0.2) is 4.79 Å². The molecule has 1 N–H and O–H groups in total. The summed E-state index contributed by atoms with van der Waals surface area (Å²) in [6.07, 6.45) is -0.472. The number of rotatable bonds is 4. The van der Waals surface area contributed by atoms with Crippen LogP contribution in [-0.2, 0) is 16.1 Å². The second-order valence-electron chi connectivity index (χ2n) is 3.90. The van der Waals surface area contributed by atoms with Crippen molar-refractivity contribution in [2.45, 2.75) is 26.9 Å². The number of carboxylic acid groups (broad SMARTS) is 1. The Balaban J connectivity index is 0.000000956. The number of carbonyl (C=O) groups excluding carboxylic acids is 1. The van der Waals surface area contributed by atoms with Gasteiger partial charge >= 0.3 is 12.1 Å². The summed E-state index contributed by atoms with van der Waals surface area (Å²) in [7, 11) is 1.61. The van der Waals surface area contributed by atoms with Crippen molar-refractivity contribution in [1.82, 2.24) is 0 Å². The maximum atomic E-state index is 11.4. The number of ether oxygens (including phenoxy) is 2. The SMILES string of the molecule is CC.CN1C(=O)OCc2ccc(OCCC(=O)O)cc21. The van der Waals surface area contributed by atoms with Gasteiger partial charge in [0.15, 0.2) is 0 Å². The molecule has 0 aliphatic carbocycles. The van der Waals surface area contributed by atoms with Crippen LogP contribution < -0.4 is 9.64 Å². The van der Waals surface area contributed by atoms with Gasteiger partial charge in [-0.3, -0.25) is 9.69 Å². The first-order valence-corrected chi connectivity index (χ1v) is 6.46. The van der Waals surface area contributed by atoms with Crippen LogP contribution in [0.25, 0.3) is 0 Å². The highest BCUT2D eigenvalue weighted by Gasteiger charge is 2.22. The lowest BCUT2D eigenvalue weighted by Crippen LogP contribution is -2.31. The lowest BCUT2D eigenvalue weighted by molar-refractivity contribution is -0.137. The van der Waals surface area contributed by atoms with Crippen LogP contribution in [-0.4, -0.2) is 30.8 Å². The quantitative estimate of drug-likeness (QED) is 0.918. The maximum Gasteiger partial charge on any atom is 0.414 e. The molecule has 0 atom stereocenters. The topological polar surface area (TPSA) is 76.1 Å². The predicted molar refractivity (Wildman–Crippen MR) is 74.1 cm³/mol. The molecule has 0 spiro atoms. The van der Waals surface area contributed by atoms with Gasteiger partial charge in [0.2, 0.25) is 0 Å². The number of hydrogen-bond donors (Lipinski definition) is 1. The lowest BCUT2D eigenvalue weighted by atomic mass is 10.1. The lowest BCUT2D eigenvalue weighted by Gasteiger charge is -2.25. The Morgan fingerprint density at radius 2 is 2.15 bits per heavy atom. The van der Waals surface area contributed by atoms with Crippen molar-refractivity contribution in [3.05, 3.63) is 23.8 Å². The van der Waals surface area contributed by atoms with Gasteiger partial charge in [0.1, 0.15) is 12.4 Å². The molecule has 0 bridgehead atoms. The second-order valence-corrected chi connectivity index (χ2v) is 3.90. The third kappa shape index (κ3) is 3.88. The van der Waals surface area contributed by atoms with Gasteiger partial charge in [-0.2, -0.15) is 0 Å². The maximum absolute atomic E-state index is 11.4. The molecule has 1 aliphatic rings. The summed E-state index contributed by atoms with van der Waals surface area (Å²) in [5.41, 5.74) is 1.61. The number of amides is 1. The molecular weight excluding hydrogens is 262 g/mol. The van der Waals surface area contributed by atoms with Crippen LogP contribution in [0.3, 0.4) is 0 Å². The van der Waals surface area contributed by atoms with E-state index in [-0.39, 0.29) is 19.6 Å². The van der Waals surface area contributed by atoms with Crippen molar-refractivity contribution in [1.29, 1.82) is 0 Å². The highest BCUT2D eigenvalue weighted by molar-refractivity contribution is 5.90. The molecule has 1 aromatic carbocycles. The van der Waals surface area contributed by atoms with E-state index in [2.05, 4.69) is 0 Å². The highest BCUT2D eigenvalue weighted by atomic mass is 16.6. The van der Waals surface area contributed by atoms with E-state index >= 15 is 0 Å². The van der Waals surface area contributed by atoms with Gasteiger partial charge in [-0.05, 0) is 12.1 Å². The Bertz CT molecular complexity index is 486. The fraction of sp³-hybridized carbons (Fsp3) is 0.429. The number of cyclic esters (lactones) is 1. The molecule has 0 aromatic heterocycles. The number of benzene rings is 1. The van der Waals surface area contributed by atoms with Crippen LogP contribution in [0.1, 0.15) is 25.8 Å². The van der Waals surface area contributed by atoms with E-state index in [1.54, 1.807) is 25.2 Å². The first kappa shape index (κ1) is 15.8. The summed E-state index contributed by atoms with van der Waals surface area (Å²) >= 11 is 0. The molecular formula is C14H19NO5. The number of hydrogen-bond acceptors (Lipinski definition) is 4. The Kier molecular flexibility index (Phi) is 5.83. The van der Waals surface area contributed by atoms with Crippen molar-refractivity contribution in [3.8, 4) is 5.75 Å². The monoisotopic (exact) mass is 281 g/mol. The van der Waals surface area contributed by atoms with E-state index in [1.807, 2.05) is 13.8 Å². The minimum Gasteiger partial charge on any atom is -0.493 e. The van der Waals surface area contributed by atoms with Gasteiger partial charge in [0.05, 0.1) is 18.7 Å². The zero-order valence-corrected chi connectivity index (χ0v) is 11.9. The first-order valence-electron chi connectivity index (χ1n) is 6.46. The third-order valence-corrected chi connectivity index (χ3v) is 2.63. The minimum atomic E-state index is -0.909. The van der Waals surface area contributed by atoms with Crippen LogP contribution in [0, 0.1) is 0 Å². The predicted octanol–water partition coefficient (Wildman–Crippen LogP) is 2.65. The largest absolute Gasteiger partial charge is 0.493 e. The van der Waals surface area contributed by atoms with Crippen molar-refractivity contribution in [2.75, 3.05) is 18.6 Å². The van der Waals surface area contributed by atoms with E-state index in [4.69, 9.17) is 14.6 Å². The average Bonchev–Trinajstić information content (AvgIpc) is 2.45. The molecule has 0 saturated carbocycles. The molecule has 0 saturated heterocycles. The van der Waals surface area contributed by atoms with Crippen LogP contribution in [0.15, 0.2) is 18.2 Å². The average molecular weight is 281 g/mol. The molecule has 6 nitrogen and oxygen atoms in total. The molecule has 1 amide bonds. The van der Waals surface area contributed by atoms with Gasteiger partial charge in [-0.1, -0.05) is 13.8 Å². The van der Waals surface area contributed by atoms with Gasteiger partial charge in [0.25, 0.3) is 0 Å². The van der Waals surface area contributed by atoms with Crippen LogP contribution in [0.5, 0.6) is 5.75 Å². The molecule has 1 aliphatic heterocycles. The molecule has 20 heavy (non-hydrogen) atoms. The highest BCUT2D eigenvalue weighted by Crippen LogP contribution is 2.29. The molecule has 0 unspecified atom stereocenters. The smallest absolute Gasteiger partial charge is 0.414 e. The molecule has 0 radical (unpaired) electrons.